The van der Waals surface area contributed by atoms with Crippen molar-refractivity contribution in [1.82, 2.24) is 5.32 Å². The maximum atomic E-state index is 5.94. The number of furan rings is 1. The van der Waals surface area contributed by atoms with E-state index in [1.165, 1.54) is 0 Å². The maximum Gasteiger partial charge on any atom is 0.146 e. The van der Waals surface area contributed by atoms with Crippen LogP contribution in [0.2, 0.25) is 10.0 Å². The van der Waals surface area contributed by atoms with Crippen molar-refractivity contribution in [3.63, 3.8) is 0 Å². The molecule has 2 rings (SSSR count). The highest BCUT2D eigenvalue weighted by Crippen LogP contribution is 2.25. The van der Waals surface area contributed by atoms with Crippen LogP contribution in [0.4, 0.5) is 0 Å². The first-order valence-electron chi connectivity index (χ1n) is 6.84. The van der Waals surface area contributed by atoms with Crippen LogP contribution in [0.15, 0.2) is 28.7 Å². The Morgan fingerprint density at radius 2 is 1.81 bits per heavy atom. The van der Waals surface area contributed by atoms with Gasteiger partial charge in [-0.1, -0.05) is 37.0 Å². The second-order valence-electron chi connectivity index (χ2n) is 5.22. The summed E-state index contributed by atoms with van der Waals surface area (Å²) in [6.07, 6.45) is 0. The van der Waals surface area contributed by atoms with E-state index in [1.54, 1.807) is 18.2 Å². The Kier molecular flexibility index (Phi) is 5.57. The monoisotopic (exact) mass is 327 g/mol. The molecule has 0 saturated carbocycles. The average molecular weight is 328 g/mol. The fraction of sp³-hybridized carbons (Fsp3) is 0.375. The van der Waals surface area contributed by atoms with Crippen molar-refractivity contribution < 1.29 is 9.15 Å². The summed E-state index contributed by atoms with van der Waals surface area (Å²) in [5.74, 6) is 2.32. The fourth-order valence-corrected chi connectivity index (χ4v) is 2.42. The highest BCUT2D eigenvalue weighted by Gasteiger charge is 2.09. The first-order valence-corrected chi connectivity index (χ1v) is 7.60. The van der Waals surface area contributed by atoms with Crippen LogP contribution < -0.4 is 10.1 Å². The van der Waals surface area contributed by atoms with Gasteiger partial charge < -0.3 is 14.5 Å². The second-order valence-corrected chi connectivity index (χ2v) is 6.10. The molecule has 0 bridgehead atoms. The zero-order valence-corrected chi connectivity index (χ0v) is 13.9. The summed E-state index contributed by atoms with van der Waals surface area (Å²) in [5.41, 5.74) is 1.14. The average Bonchev–Trinajstić information content (AvgIpc) is 2.73. The van der Waals surface area contributed by atoms with Crippen LogP contribution in [0.5, 0.6) is 5.75 Å². The molecule has 0 aliphatic heterocycles. The minimum absolute atomic E-state index is 0.346. The Bertz CT molecular complexity index is 588. The van der Waals surface area contributed by atoms with Crippen LogP contribution >= 0.6 is 23.2 Å². The molecule has 0 fully saturated rings. The number of ether oxygens (including phenoxy) is 1. The van der Waals surface area contributed by atoms with Gasteiger partial charge in [-0.3, -0.25) is 0 Å². The lowest BCUT2D eigenvalue weighted by Gasteiger charge is -2.06. The lowest BCUT2D eigenvalue weighted by Crippen LogP contribution is -2.21. The number of hydrogen-bond acceptors (Lipinski definition) is 3. The predicted octanol–water partition coefficient (Wildman–Crippen LogP) is 4.97. The van der Waals surface area contributed by atoms with Crippen LogP contribution in [0, 0.1) is 6.92 Å². The zero-order chi connectivity index (χ0) is 15.4. The number of aryl methyl sites for hydroxylation is 1. The summed E-state index contributed by atoms with van der Waals surface area (Å²) in [6.45, 7) is 7.32. The predicted molar refractivity (Wildman–Crippen MR) is 86.2 cm³/mol. The van der Waals surface area contributed by atoms with Gasteiger partial charge in [-0.05, 0) is 31.2 Å². The lowest BCUT2D eigenvalue weighted by atomic mass is 10.2. The van der Waals surface area contributed by atoms with Gasteiger partial charge >= 0.3 is 0 Å². The Morgan fingerprint density at radius 1 is 1.14 bits per heavy atom. The quantitative estimate of drug-likeness (QED) is 0.813. The fourth-order valence-electron chi connectivity index (χ4n) is 1.91. The number of benzene rings is 1. The molecule has 3 nitrogen and oxygen atoms in total. The van der Waals surface area contributed by atoms with E-state index in [0.717, 1.165) is 23.6 Å². The Labute approximate surface area is 135 Å². The molecule has 2 aromatic rings. The van der Waals surface area contributed by atoms with Crippen LogP contribution in [0.3, 0.4) is 0 Å². The summed E-state index contributed by atoms with van der Waals surface area (Å²) in [5, 5.41) is 4.47. The minimum atomic E-state index is 0.346. The third-order valence-electron chi connectivity index (χ3n) is 2.99. The number of nitrogens with one attached hydrogen (secondary N) is 1. The molecule has 1 aromatic heterocycles. The van der Waals surface area contributed by atoms with Crippen molar-refractivity contribution >= 4 is 23.2 Å². The molecule has 0 amide bonds. The van der Waals surface area contributed by atoms with E-state index in [9.17, 15) is 0 Å². The molecule has 0 aliphatic carbocycles. The lowest BCUT2D eigenvalue weighted by molar-refractivity contribution is 0.267. The molecule has 0 spiro atoms. The van der Waals surface area contributed by atoms with Gasteiger partial charge in [0.15, 0.2) is 0 Å². The van der Waals surface area contributed by atoms with Gasteiger partial charge in [0.05, 0.1) is 0 Å². The molecule has 114 valence electrons. The SMILES string of the molecule is Cc1oc(COc2cc(Cl)cc(Cl)c2)cc1CNC(C)C. The maximum absolute atomic E-state index is 5.94. The largest absolute Gasteiger partial charge is 0.486 e. The van der Waals surface area contributed by atoms with Crippen LogP contribution in [0.1, 0.15) is 30.9 Å². The highest BCUT2D eigenvalue weighted by molar-refractivity contribution is 6.34. The van der Waals surface area contributed by atoms with Gasteiger partial charge in [-0.25, -0.2) is 0 Å². The summed E-state index contributed by atoms with van der Waals surface area (Å²) in [6, 6.07) is 7.57. The van der Waals surface area contributed by atoms with Crippen molar-refractivity contribution in [1.29, 1.82) is 0 Å². The molecular weight excluding hydrogens is 309 g/mol. The molecule has 0 saturated heterocycles. The molecule has 1 aromatic carbocycles. The van der Waals surface area contributed by atoms with Crippen LogP contribution in [-0.4, -0.2) is 6.04 Å². The molecule has 21 heavy (non-hydrogen) atoms. The second kappa shape index (κ2) is 7.21. The van der Waals surface area contributed by atoms with Crippen molar-refractivity contribution in [3.05, 3.63) is 51.4 Å². The molecule has 0 radical (unpaired) electrons. The third kappa shape index (κ3) is 4.95. The van der Waals surface area contributed by atoms with E-state index in [2.05, 4.69) is 19.2 Å². The van der Waals surface area contributed by atoms with Crippen LogP contribution in [-0.2, 0) is 13.2 Å². The van der Waals surface area contributed by atoms with Crippen molar-refractivity contribution in [2.75, 3.05) is 0 Å². The third-order valence-corrected chi connectivity index (χ3v) is 3.43. The summed E-state index contributed by atoms with van der Waals surface area (Å²) < 4.78 is 11.4. The van der Waals surface area contributed by atoms with Gasteiger partial charge in [0.1, 0.15) is 23.9 Å². The van der Waals surface area contributed by atoms with Crippen molar-refractivity contribution in [3.8, 4) is 5.75 Å². The summed E-state index contributed by atoms with van der Waals surface area (Å²) in [7, 11) is 0. The van der Waals surface area contributed by atoms with Gasteiger partial charge in [0.25, 0.3) is 0 Å². The standard InChI is InChI=1S/C16H19Cl2NO2/c1-10(2)19-8-12-4-16(21-11(12)3)9-20-15-6-13(17)5-14(18)7-15/h4-7,10,19H,8-9H2,1-3H3. The summed E-state index contributed by atoms with van der Waals surface area (Å²) >= 11 is 11.9. The van der Waals surface area contributed by atoms with Gasteiger partial charge in [0, 0.05) is 28.2 Å². The van der Waals surface area contributed by atoms with Crippen molar-refractivity contribution in [2.24, 2.45) is 0 Å². The van der Waals surface area contributed by atoms with E-state index in [4.69, 9.17) is 32.4 Å². The zero-order valence-electron chi connectivity index (χ0n) is 12.4. The van der Waals surface area contributed by atoms with Gasteiger partial charge in [-0.2, -0.15) is 0 Å². The van der Waals surface area contributed by atoms with E-state index in [1.807, 2.05) is 13.0 Å². The number of halogens is 2. The molecule has 5 heteroatoms. The molecule has 1 N–H and O–H groups in total. The molecular formula is C16H19Cl2NO2. The van der Waals surface area contributed by atoms with Crippen molar-refractivity contribution in [2.45, 2.75) is 40.0 Å². The van der Waals surface area contributed by atoms with E-state index >= 15 is 0 Å². The number of rotatable bonds is 6. The van der Waals surface area contributed by atoms with E-state index in [-0.39, 0.29) is 0 Å². The summed E-state index contributed by atoms with van der Waals surface area (Å²) in [4.78, 5) is 0. The number of hydrogen-bond donors (Lipinski definition) is 1. The van der Waals surface area contributed by atoms with E-state index in [0.29, 0.717) is 28.4 Å². The van der Waals surface area contributed by atoms with Crippen LogP contribution in [0.25, 0.3) is 0 Å². The first kappa shape index (κ1) is 16.2. The first-order chi connectivity index (χ1) is 9.94. The van der Waals surface area contributed by atoms with Gasteiger partial charge in [0.2, 0.25) is 0 Å². The smallest absolute Gasteiger partial charge is 0.146 e. The van der Waals surface area contributed by atoms with Gasteiger partial charge in [-0.15, -0.1) is 0 Å². The topological polar surface area (TPSA) is 34.4 Å². The molecule has 0 atom stereocenters. The highest BCUT2D eigenvalue weighted by atomic mass is 35.5. The molecule has 0 unspecified atom stereocenters. The molecule has 0 aliphatic rings. The normalized spacial score (nSPS) is 11.1. The Hall–Kier alpha value is -1.16. The minimum Gasteiger partial charge on any atom is -0.486 e. The van der Waals surface area contributed by atoms with E-state index < -0.39 is 0 Å². The molecule has 1 heterocycles. The Morgan fingerprint density at radius 3 is 2.43 bits per heavy atom. The Balaban J connectivity index is 1.98.